The Morgan fingerprint density at radius 1 is 1.05 bits per heavy atom. The normalized spacial score (nSPS) is 13.0. The Hall–Kier alpha value is -1.81. The smallest absolute Gasteiger partial charge is 0.164 e. The number of hydrogen-bond acceptors (Lipinski definition) is 3. The minimum Gasteiger partial charge on any atom is -0.486 e. The fourth-order valence-corrected chi connectivity index (χ4v) is 2.86. The van der Waals surface area contributed by atoms with Crippen molar-refractivity contribution in [3.05, 3.63) is 58.1 Å². The number of hydrogen-bond donors (Lipinski definition) is 0. The van der Waals surface area contributed by atoms with Crippen molar-refractivity contribution in [2.24, 2.45) is 0 Å². The van der Waals surface area contributed by atoms with Crippen molar-refractivity contribution in [2.75, 3.05) is 13.2 Å². The summed E-state index contributed by atoms with van der Waals surface area (Å²) in [5.74, 6) is 1.43. The SMILES string of the molecule is O=C(CCc1ccccc1)c1cc2c(cc1Br)OCCO2. The molecule has 1 aliphatic rings. The summed E-state index contributed by atoms with van der Waals surface area (Å²) in [4.78, 5) is 12.4. The molecule has 108 valence electrons. The summed E-state index contributed by atoms with van der Waals surface area (Å²) in [6, 6.07) is 13.6. The van der Waals surface area contributed by atoms with Crippen molar-refractivity contribution >= 4 is 21.7 Å². The summed E-state index contributed by atoms with van der Waals surface area (Å²) >= 11 is 3.45. The van der Waals surface area contributed by atoms with Gasteiger partial charge in [0.15, 0.2) is 17.3 Å². The van der Waals surface area contributed by atoms with Crippen LogP contribution in [-0.2, 0) is 6.42 Å². The van der Waals surface area contributed by atoms with Crippen molar-refractivity contribution < 1.29 is 14.3 Å². The molecule has 2 aromatic carbocycles. The Balaban J connectivity index is 1.75. The van der Waals surface area contributed by atoms with Gasteiger partial charge in [-0.3, -0.25) is 4.79 Å². The number of carbonyl (C=O) groups is 1. The zero-order chi connectivity index (χ0) is 14.7. The van der Waals surface area contributed by atoms with E-state index >= 15 is 0 Å². The Morgan fingerprint density at radius 2 is 1.71 bits per heavy atom. The molecule has 21 heavy (non-hydrogen) atoms. The van der Waals surface area contributed by atoms with Crippen LogP contribution >= 0.6 is 15.9 Å². The zero-order valence-corrected chi connectivity index (χ0v) is 13.1. The molecule has 0 atom stereocenters. The molecule has 0 bridgehead atoms. The largest absolute Gasteiger partial charge is 0.486 e. The molecule has 0 aromatic heterocycles. The first-order valence-electron chi connectivity index (χ1n) is 6.90. The van der Waals surface area contributed by atoms with E-state index in [9.17, 15) is 4.79 Å². The van der Waals surface area contributed by atoms with E-state index in [-0.39, 0.29) is 5.78 Å². The molecule has 4 heteroatoms. The summed E-state index contributed by atoms with van der Waals surface area (Å²) < 4.78 is 11.8. The summed E-state index contributed by atoms with van der Waals surface area (Å²) in [7, 11) is 0. The molecular weight excluding hydrogens is 332 g/mol. The van der Waals surface area contributed by atoms with E-state index in [0.29, 0.717) is 36.7 Å². The van der Waals surface area contributed by atoms with Gasteiger partial charge in [0.05, 0.1) is 0 Å². The molecule has 3 rings (SSSR count). The Bertz CT molecular complexity index is 653. The number of ketones is 1. The molecule has 0 saturated carbocycles. The van der Waals surface area contributed by atoms with Crippen LogP contribution in [0.3, 0.4) is 0 Å². The lowest BCUT2D eigenvalue weighted by Crippen LogP contribution is -2.16. The molecule has 0 N–H and O–H groups in total. The second-order valence-corrected chi connectivity index (χ2v) is 5.74. The third-order valence-corrected chi connectivity index (χ3v) is 4.07. The number of rotatable bonds is 4. The maximum atomic E-state index is 12.4. The first-order valence-corrected chi connectivity index (χ1v) is 7.69. The topological polar surface area (TPSA) is 35.5 Å². The zero-order valence-electron chi connectivity index (χ0n) is 11.5. The molecule has 0 radical (unpaired) electrons. The van der Waals surface area contributed by atoms with Gasteiger partial charge in [0.2, 0.25) is 0 Å². The van der Waals surface area contributed by atoms with Crippen LogP contribution in [0.1, 0.15) is 22.3 Å². The molecule has 3 nitrogen and oxygen atoms in total. The summed E-state index contributed by atoms with van der Waals surface area (Å²) in [5, 5.41) is 0. The van der Waals surface area contributed by atoms with Crippen molar-refractivity contribution in [3.8, 4) is 11.5 Å². The number of halogens is 1. The summed E-state index contributed by atoms with van der Waals surface area (Å²) in [6.07, 6.45) is 1.21. The minimum absolute atomic E-state index is 0.0997. The highest BCUT2D eigenvalue weighted by atomic mass is 79.9. The van der Waals surface area contributed by atoms with Crippen LogP contribution in [-0.4, -0.2) is 19.0 Å². The molecule has 0 spiro atoms. The third kappa shape index (κ3) is 3.27. The number of carbonyl (C=O) groups excluding carboxylic acids is 1. The van der Waals surface area contributed by atoms with Gasteiger partial charge in [-0.25, -0.2) is 0 Å². The van der Waals surface area contributed by atoms with Crippen LogP contribution in [0.15, 0.2) is 46.9 Å². The predicted octanol–water partition coefficient (Wildman–Crippen LogP) is 4.04. The highest BCUT2D eigenvalue weighted by Crippen LogP contribution is 2.36. The second-order valence-electron chi connectivity index (χ2n) is 4.88. The Kier molecular flexibility index (Phi) is 4.25. The minimum atomic E-state index is 0.0997. The number of benzene rings is 2. The second kappa shape index (κ2) is 6.31. The molecule has 1 aliphatic heterocycles. The number of ether oxygens (including phenoxy) is 2. The lowest BCUT2D eigenvalue weighted by atomic mass is 10.0. The monoisotopic (exact) mass is 346 g/mol. The van der Waals surface area contributed by atoms with Crippen LogP contribution < -0.4 is 9.47 Å². The summed E-state index contributed by atoms with van der Waals surface area (Å²) in [5.41, 5.74) is 1.81. The first kappa shape index (κ1) is 14.1. The van der Waals surface area contributed by atoms with E-state index in [2.05, 4.69) is 15.9 Å². The van der Waals surface area contributed by atoms with Crippen LogP contribution in [0.25, 0.3) is 0 Å². The van der Waals surface area contributed by atoms with Crippen LogP contribution in [0.2, 0.25) is 0 Å². The van der Waals surface area contributed by atoms with Crippen molar-refractivity contribution in [1.82, 2.24) is 0 Å². The lowest BCUT2D eigenvalue weighted by Gasteiger charge is -2.19. The number of Topliss-reactive ketones (excluding diaryl/α,β-unsaturated/α-hetero) is 1. The van der Waals surface area contributed by atoms with Crippen molar-refractivity contribution in [3.63, 3.8) is 0 Å². The van der Waals surface area contributed by atoms with Gasteiger partial charge in [0.25, 0.3) is 0 Å². The van der Waals surface area contributed by atoms with Crippen LogP contribution in [0, 0.1) is 0 Å². The van der Waals surface area contributed by atoms with E-state index < -0.39 is 0 Å². The average Bonchev–Trinajstić information content (AvgIpc) is 2.53. The molecule has 0 unspecified atom stereocenters. The van der Waals surface area contributed by atoms with Crippen molar-refractivity contribution in [2.45, 2.75) is 12.8 Å². The van der Waals surface area contributed by atoms with Crippen LogP contribution in [0.5, 0.6) is 11.5 Å². The van der Waals surface area contributed by atoms with Gasteiger partial charge >= 0.3 is 0 Å². The number of fused-ring (bicyclic) bond motifs is 1. The molecule has 0 aliphatic carbocycles. The van der Waals surface area contributed by atoms with Gasteiger partial charge in [-0.05, 0) is 40.0 Å². The quantitative estimate of drug-likeness (QED) is 0.784. The molecular formula is C17H15BrO3. The fourth-order valence-electron chi connectivity index (χ4n) is 2.31. The van der Waals surface area contributed by atoms with Gasteiger partial charge in [-0.15, -0.1) is 0 Å². The van der Waals surface area contributed by atoms with E-state index in [4.69, 9.17) is 9.47 Å². The molecule has 1 heterocycles. The molecule has 2 aromatic rings. The van der Waals surface area contributed by atoms with Gasteiger partial charge < -0.3 is 9.47 Å². The predicted molar refractivity (Wildman–Crippen MR) is 84.2 cm³/mol. The molecule has 0 fully saturated rings. The van der Waals surface area contributed by atoms with E-state index in [1.807, 2.05) is 36.4 Å². The average molecular weight is 347 g/mol. The standard InChI is InChI=1S/C17H15BrO3/c18-14-11-17-16(20-8-9-21-17)10-13(14)15(19)7-6-12-4-2-1-3-5-12/h1-5,10-11H,6-9H2. The van der Waals surface area contributed by atoms with Gasteiger partial charge in [0, 0.05) is 16.5 Å². The maximum Gasteiger partial charge on any atom is 0.164 e. The summed E-state index contributed by atoms with van der Waals surface area (Å²) in [6.45, 7) is 1.06. The molecule has 0 saturated heterocycles. The first-order chi connectivity index (χ1) is 10.2. The lowest BCUT2D eigenvalue weighted by molar-refractivity contribution is 0.0980. The van der Waals surface area contributed by atoms with E-state index in [1.165, 1.54) is 5.56 Å². The van der Waals surface area contributed by atoms with E-state index in [1.54, 1.807) is 6.07 Å². The van der Waals surface area contributed by atoms with Gasteiger partial charge in [-0.1, -0.05) is 30.3 Å². The molecule has 0 amide bonds. The maximum absolute atomic E-state index is 12.4. The Labute approximate surface area is 132 Å². The van der Waals surface area contributed by atoms with Gasteiger partial charge in [-0.2, -0.15) is 0 Å². The fraction of sp³-hybridized carbons (Fsp3) is 0.235. The third-order valence-electron chi connectivity index (χ3n) is 3.42. The Morgan fingerprint density at radius 3 is 2.43 bits per heavy atom. The van der Waals surface area contributed by atoms with Crippen LogP contribution in [0.4, 0.5) is 0 Å². The highest BCUT2D eigenvalue weighted by molar-refractivity contribution is 9.10. The highest BCUT2D eigenvalue weighted by Gasteiger charge is 2.18. The van der Waals surface area contributed by atoms with E-state index in [0.717, 1.165) is 10.9 Å². The number of aryl methyl sites for hydroxylation is 1. The van der Waals surface area contributed by atoms with Crippen molar-refractivity contribution in [1.29, 1.82) is 0 Å². The van der Waals surface area contributed by atoms with Gasteiger partial charge in [0.1, 0.15) is 13.2 Å².